The zero-order valence-electron chi connectivity index (χ0n) is 18.5. The number of imidazole rings is 1. The predicted molar refractivity (Wildman–Crippen MR) is 138 cm³/mol. The molecule has 3 aromatic rings. The van der Waals surface area contributed by atoms with Crippen LogP contribution in [0.3, 0.4) is 0 Å². The Balaban J connectivity index is 0.00000306. The summed E-state index contributed by atoms with van der Waals surface area (Å²) in [4.78, 5) is 10.5. The number of guanidine groups is 1. The van der Waals surface area contributed by atoms with Gasteiger partial charge in [-0.15, -0.1) is 24.0 Å². The van der Waals surface area contributed by atoms with Gasteiger partial charge >= 0.3 is 0 Å². The Morgan fingerprint density at radius 1 is 1.12 bits per heavy atom. The molecule has 9 heteroatoms. The predicted octanol–water partition coefficient (Wildman–Crippen LogP) is 3.97. The summed E-state index contributed by atoms with van der Waals surface area (Å²) < 4.78 is 30.3. The summed E-state index contributed by atoms with van der Waals surface area (Å²) >= 11 is 0. The lowest BCUT2D eigenvalue weighted by Crippen LogP contribution is -2.44. The molecule has 2 heterocycles. The molecule has 1 atom stereocenters. The zero-order chi connectivity index (χ0) is 22.3. The van der Waals surface area contributed by atoms with E-state index < -0.39 is 11.6 Å². The Hall–Kier alpha value is -2.69. The van der Waals surface area contributed by atoms with Crippen LogP contribution in [0.25, 0.3) is 0 Å². The van der Waals surface area contributed by atoms with Crippen molar-refractivity contribution in [3.05, 3.63) is 83.9 Å². The Bertz CT molecular complexity index is 1040. The van der Waals surface area contributed by atoms with Crippen molar-refractivity contribution in [2.45, 2.75) is 32.0 Å². The molecule has 1 unspecified atom stereocenters. The minimum Gasteiger partial charge on any atom is -0.365 e. The minimum absolute atomic E-state index is 0. The first-order chi connectivity index (χ1) is 15.6. The highest BCUT2D eigenvalue weighted by Gasteiger charge is 2.27. The number of halogens is 3. The normalized spacial score (nSPS) is 15.9. The van der Waals surface area contributed by atoms with E-state index in [9.17, 15) is 8.78 Å². The monoisotopic (exact) mass is 566 g/mol. The number of rotatable bonds is 7. The van der Waals surface area contributed by atoms with Gasteiger partial charge in [0.25, 0.3) is 0 Å². The van der Waals surface area contributed by atoms with Crippen LogP contribution >= 0.6 is 24.0 Å². The van der Waals surface area contributed by atoms with Gasteiger partial charge in [0.15, 0.2) is 5.96 Å². The molecule has 4 rings (SSSR count). The van der Waals surface area contributed by atoms with Crippen molar-refractivity contribution in [1.29, 1.82) is 0 Å². The number of aryl methyl sites for hydroxylation is 2. The number of nitrogens with one attached hydrogen (secondary N) is 2. The molecule has 6 nitrogen and oxygen atoms in total. The third-order valence-electron chi connectivity index (χ3n) is 5.71. The second kappa shape index (κ2) is 12.0. The molecule has 0 amide bonds. The molecule has 1 aromatic heterocycles. The van der Waals surface area contributed by atoms with Gasteiger partial charge in [0.05, 0.1) is 6.54 Å². The fraction of sp³-hybridized carbons (Fsp3) is 0.333. The maximum absolute atomic E-state index is 14.1. The molecule has 1 aliphatic rings. The number of hydrogen-bond donors (Lipinski definition) is 2. The zero-order valence-corrected chi connectivity index (χ0v) is 20.9. The van der Waals surface area contributed by atoms with Crippen molar-refractivity contribution < 1.29 is 8.78 Å². The van der Waals surface area contributed by atoms with Gasteiger partial charge in [0.1, 0.15) is 23.1 Å². The van der Waals surface area contributed by atoms with Crippen LogP contribution in [0.1, 0.15) is 17.8 Å². The molecular weight excluding hydrogens is 537 g/mol. The average molecular weight is 566 g/mol. The number of nitrogens with zero attached hydrogens (tertiary/aromatic N) is 4. The minimum atomic E-state index is -0.532. The van der Waals surface area contributed by atoms with Crippen LogP contribution in [-0.4, -0.2) is 41.7 Å². The van der Waals surface area contributed by atoms with Crippen molar-refractivity contribution >= 4 is 35.6 Å². The lowest BCUT2D eigenvalue weighted by Gasteiger charge is -2.21. The van der Waals surface area contributed by atoms with Crippen molar-refractivity contribution in [3.8, 4) is 0 Å². The Morgan fingerprint density at radius 3 is 2.61 bits per heavy atom. The molecule has 1 aliphatic heterocycles. The summed E-state index contributed by atoms with van der Waals surface area (Å²) in [5.74, 6) is 0.500. The summed E-state index contributed by atoms with van der Waals surface area (Å²) in [6.07, 6.45) is 5.48. The van der Waals surface area contributed by atoms with Gasteiger partial charge in [0, 0.05) is 45.1 Å². The van der Waals surface area contributed by atoms with Crippen LogP contribution in [0.15, 0.2) is 65.9 Å². The van der Waals surface area contributed by atoms with Crippen LogP contribution in [0.4, 0.5) is 14.5 Å². The molecule has 33 heavy (non-hydrogen) atoms. The summed E-state index contributed by atoms with van der Waals surface area (Å²) in [5, 5.41) is 6.66. The molecule has 0 saturated carbocycles. The molecule has 1 saturated heterocycles. The SMILES string of the molecule is CN=C(NCc1nccn1CCc1ccccc1)NC1CCN(c2c(F)cccc2F)C1.I. The summed E-state index contributed by atoms with van der Waals surface area (Å²) in [7, 11) is 1.71. The van der Waals surface area contributed by atoms with Crippen LogP contribution < -0.4 is 15.5 Å². The van der Waals surface area contributed by atoms with E-state index >= 15 is 0 Å². The van der Waals surface area contributed by atoms with Crippen molar-refractivity contribution in [2.24, 2.45) is 4.99 Å². The van der Waals surface area contributed by atoms with Crippen LogP contribution in [-0.2, 0) is 19.5 Å². The summed E-state index contributed by atoms with van der Waals surface area (Å²) in [5.41, 5.74) is 1.33. The maximum Gasteiger partial charge on any atom is 0.191 e. The fourth-order valence-electron chi connectivity index (χ4n) is 4.03. The van der Waals surface area contributed by atoms with E-state index in [0.717, 1.165) is 25.2 Å². The molecular formula is C24H29F2IN6. The van der Waals surface area contributed by atoms with Gasteiger partial charge in [-0.25, -0.2) is 13.8 Å². The highest BCUT2D eigenvalue weighted by Crippen LogP contribution is 2.26. The molecule has 176 valence electrons. The number of para-hydroxylation sites is 1. The summed E-state index contributed by atoms with van der Waals surface area (Å²) in [6.45, 7) is 2.46. The quantitative estimate of drug-likeness (QED) is 0.258. The van der Waals surface area contributed by atoms with E-state index in [2.05, 4.69) is 37.3 Å². The number of anilines is 1. The Morgan fingerprint density at radius 2 is 1.88 bits per heavy atom. The van der Waals surface area contributed by atoms with E-state index in [4.69, 9.17) is 0 Å². The standard InChI is InChI=1S/C24H28F2N6.HI/c1-27-24(30-19-11-14-32(17-19)23-20(25)8-5-9-21(23)26)29-16-22-28-12-15-31(22)13-10-18-6-3-2-4-7-18;/h2-9,12,15,19H,10-11,13-14,16-17H2,1H3,(H2,27,29,30);1H. The lowest BCUT2D eigenvalue weighted by molar-refractivity contribution is 0.575. The van der Waals surface area contributed by atoms with Gasteiger partial charge in [-0.05, 0) is 30.5 Å². The second-order valence-electron chi connectivity index (χ2n) is 7.84. The number of aliphatic imine (C=N–C) groups is 1. The first-order valence-corrected chi connectivity index (χ1v) is 10.8. The van der Waals surface area contributed by atoms with Gasteiger partial charge in [-0.1, -0.05) is 36.4 Å². The lowest BCUT2D eigenvalue weighted by atomic mass is 10.1. The molecule has 2 aromatic carbocycles. The van der Waals surface area contributed by atoms with Crippen LogP contribution in [0.5, 0.6) is 0 Å². The Labute approximate surface area is 210 Å². The number of aromatic nitrogens is 2. The molecule has 0 spiro atoms. The topological polar surface area (TPSA) is 57.5 Å². The first-order valence-electron chi connectivity index (χ1n) is 10.8. The van der Waals surface area contributed by atoms with E-state index in [1.165, 1.54) is 23.8 Å². The van der Waals surface area contributed by atoms with Crippen LogP contribution in [0.2, 0.25) is 0 Å². The third kappa shape index (κ3) is 6.43. The second-order valence-corrected chi connectivity index (χ2v) is 7.84. The van der Waals surface area contributed by atoms with Gasteiger partial charge < -0.3 is 20.1 Å². The first kappa shape index (κ1) is 24.9. The van der Waals surface area contributed by atoms with Gasteiger partial charge in [-0.3, -0.25) is 4.99 Å². The van der Waals surface area contributed by atoms with E-state index in [0.29, 0.717) is 25.6 Å². The van der Waals surface area contributed by atoms with Crippen molar-refractivity contribution in [2.75, 3.05) is 25.0 Å². The molecule has 0 bridgehead atoms. The summed E-state index contributed by atoms with van der Waals surface area (Å²) in [6, 6.07) is 14.4. The number of hydrogen-bond acceptors (Lipinski definition) is 3. The highest BCUT2D eigenvalue weighted by molar-refractivity contribution is 14.0. The molecule has 0 radical (unpaired) electrons. The highest BCUT2D eigenvalue weighted by atomic mass is 127. The maximum atomic E-state index is 14.1. The largest absolute Gasteiger partial charge is 0.365 e. The van der Waals surface area contributed by atoms with Crippen LogP contribution in [0, 0.1) is 11.6 Å². The third-order valence-corrected chi connectivity index (χ3v) is 5.71. The fourth-order valence-corrected chi connectivity index (χ4v) is 4.03. The molecule has 2 N–H and O–H groups in total. The van der Waals surface area contributed by atoms with Crippen molar-refractivity contribution in [3.63, 3.8) is 0 Å². The van der Waals surface area contributed by atoms with Gasteiger partial charge in [0.2, 0.25) is 0 Å². The van der Waals surface area contributed by atoms with E-state index in [1.807, 2.05) is 24.4 Å². The van der Waals surface area contributed by atoms with Gasteiger partial charge in [-0.2, -0.15) is 0 Å². The smallest absolute Gasteiger partial charge is 0.191 e. The van der Waals surface area contributed by atoms with E-state index in [1.54, 1.807) is 18.1 Å². The molecule has 0 aliphatic carbocycles. The average Bonchev–Trinajstić information content (AvgIpc) is 3.45. The molecule has 1 fully saturated rings. The van der Waals surface area contributed by atoms with E-state index in [-0.39, 0.29) is 35.7 Å². The number of benzene rings is 2. The van der Waals surface area contributed by atoms with Crippen molar-refractivity contribution in [1.82, 2.24) is 20.2 Å². The Kier molecular flexibility index (Phi) is 9.04.